The van der Waals surface area contributed by atoms with Crippen LogP contribution in [0.4, 0.5) is 10.1 Å². The summed E-state index contributed by atoms with van der Waals surface area (Å²) < 4.78 is 12.9. The number of rotatable bonds is 5. The smallest absolute Gasteiger partial charge is 0.305 e. The highest BCUT2D eigenvalue weighted by atomic mass is 19.1. The number of carboxylic acids is 1. The van der Waals surface area contributed by atoms with Crippen molar-refractivity contribution in [3.05, 3.63) is 30.1 Å². The molecule has 23 heavy (non-hydrogen) atoms. The van der Waals surface area contributed by atoms with Crippen molar-refractivity contribution in [2.24, 2.45) is 5.10 Å². The minimum atomic E-state index is -1.11. The number of ketones is 1. The molecule has 0 saturated carbocycles. The number of halogens is 1. The first kappa shape index (κ1) is 16.3. The lowest BCUT2D eigenvalue weighted by Gasteiger charge is -2.22. The average Bonchev–Trinajstić information content (AvgIpc) is 2.48. The second kappa shape index (κ2) is 6.77. The molecule has 120 valence electrons. The molecule has 0 aliphatic carbocycles. The van der Waals surface area contributed by atoms with Gasteiger partial charge < -0.3 is 10.4 Å². The predicted molar refractivity (Wildman–Crippen MR) is 76.2 cm³/mol. The number of benzene rings is 1. The van der Waals surface area contributed by atoms with E-state index in [1.54, 1.807) is 0 Å². The highest BCUT2D eigenvalue weighted by Gasteiger charge is 2.32. The summed E-state index contributed by atoms with van der Waals surface area (Å²) in [4.78, 5) is 45.9. The molecule has 1 aromatic carbocycles. The van der Waals surface area contributed by atoms with Crippen LogP contribution in [0.1, 0.15) is 12.8 Å². The van der Waals surface area contributed by atoms with Gasteiger partial charge in [-0.25, -0.2) is 4.39 Å². The Hall–Kier alpha value is -3.10. The van der Waals surface area contributed by atoms with Crippen LogP contribution < -0.4 is 10.3 Å². The number of nitrogens with zero attached hydrogens (tertiary/aromatic N) is 2. The molecule has 2 amide bonds. The number of hydrazone groups is 1. The number of amides is 2. The lowest BCUT2D eigenvalue weighted by Crippen LogP contribution is -2.45. The highest BCUT2D eigenvalue weighted by Crippen LogP contribution is 2.19. The van der Waals surface area contributed by atoms with E-state index in [9.17, 15) is 23.6 Å². The van der Waals surface area contributed by atoms with Crippen molar-refractivity contribution in [2.75, 3.05) is 11.6 Å². The fourth-order valence-corrected chi connectivity index (χ4v) is 1.83. The molecule has 0 saturated heterocycles. The van der Waals surface area contributed by atoms with Gasteiger partial charge in [0, 0.05) is 6.54 Å². The van der Waals surface area contributed by atoms with Gasteiger partial charge >= 0.3 is 5.97 Å². The SMILES string of the molecule is O=C(O)CCNC(=O)C1=NN(c2ccc(F)cc2)C(=O)CC1=O. The molecule has 0 radical (unpaired) electrons. The zero-order chi connectivity index (χ0) is 17.0. The van der Waals surface area contributed by atoms with E-state index in [2.05, 4.69) is 10.4 Å². The monoisotopic (exact) mass is 321 g/mol. The Morgan fingerprint density at radius 2 is 1.91 bits per heavy atom. The third-order valence-electron chi connectivity index (χ3n) is 2.92. The van der Waals surface area contributed by atoms with Crippen molar-refractivity contribution in [1.29, 1.82) is 0 Å². The number of Topliss-reactive ketones (excluding diaryl/α,β-unsaturated/α-hetero) is 1. The minimum Gasteiger partial charge on any atom is -0.481 e. The number of hydrogen-bond donors (Lipinski definition) is 2. The molecule has 0 bridgehead atoms. The number of hydrogen-bond acceptors (Lipinski definition) is 5. The molecule has 0 atom stereocenters. The minimum absolute atomic E-state index is 0.176. The predicted octanol–water partition coefficient (Wildman–Crippen LogP) is 0.0784. The van der Waals surface area contributed by atoms with Crippen molar-refractivity contribution in [3.63, 3.8) is 0 Å². The van der Waals surface area contributed by atoms with Gasteiger partial charge in [0.05, 0.1) is 18.5 Å². The first-order valence-corrected chi connectivity index (χ1v) is 6.59. The number of aliphatic carboxylic acids is 1. The highest BCUT2D eigenvalue weighted by molar-refractivity contribution is 6.67. The van der Waals surface area contributed by atoms with E-state index in [1.165, 1.54) is 12.1 Å². The molecular formula is C14H12FN3O5. The van der Waals surface area contributed by atoms with E-state index >= 15 is 0 Å². The summed E-state index contributed by atoms with van der Waals surface area (Å²) >= 11 is 0. The maximum atomic E-state index is 12.9. The molecule has 1 aliphatic heterocycles. The number of carbonyl (C=O) groups is 4. The molecule has 0 unspecified atom stereocenters. The lowest BCUT2D eigenvalue weighted by atomic mass is 10.1. The van der Waals surface area contributed by atoms with Crippen LogP contribution in [0.2, 0.25) is 0 Å². The van der Waals surface area contributed by atoms with Crippen LogP contribution in [0.3, 0.4) is 0 Å². The van der Waals surface area contributed by atoms with E-state index in [1.807, 2.05) is 0 Å². The molecule has 2 rings (SSSR count). The summed E-state index contributed by atoms with van der Waals surface area (Å²) in [6.45, 7) is -0.176. The van der Waals surface area contributed by atoms with Gasteiger partial charge in [-0.3, -0.25) is 19.2 Å². The zero-order valence-electron chi connectivity index (χ0n) is 11.8. The van der Waals surface area contributed by atoms with Gasteiger partial charge in [-0.05, 0) is 24.3 Å². The standard InChI is InChI=1S/C14H12FN3O5/c15-8-1-3-9(4-2-8)18-11(20)7-10(19)13(17-18)14(23)16-6-5-12(21)22/h1-4H,5-7H2,(H,16,23)(H,21,22). The largest absolute Gasteiger partial charge is 0.481 e. The molecule has 8 nitrogen and oxygen atoms in total. The Morgan fingerprint density at radius 1 is 1.26 bits per heavy atom. The van der Waals surface area contributed by atoms with Crippen LogP contribution in [0.15, 0.2) is 29.4 Å². The van der Waals surface area contributed by atoms with Crippen molar-refractivity contribution < 1.29 is 28.7 Å². The van der Waals surface area contributed by atoms with Crippen molar-refractivity contribution in [2.45, 2.75) is 12.8 Å². The zero-order valence-corrected chi connectivity index (χ0v) is 11.8. The van der Waals surface area contributed by atoms with Crippen LogP contribution in [0.5, 0.6) is 0 Å². The van der Waals surface area contributed by atoms with Crippen molar-refractivity contribution in [1.82, 2.24) is 5.32 Å². The first-order chi connectivity index (χ1) is 10.9. The molecular weight excluding hydrogens is 309 g/mol. The van der Waals surface area contributed by atoms with Crippen molar-refractivity contribution >= 4 is 35.0 Å². The molecule has 0 fully saturated rings. The van der Waals surface area contributed by atoms with Crippen molar-refractivity contribution in [3.8, 4) is 0 Å². The normalized spacial score (nSPS) is 14.5. The van der Waals surface area contributed by atoms with E-state index in [-0.39, 0.29) is 18.7 Å². The molecule has 1 heterocycles. The van der Waals surface area contributed by atoms with E-state index < -0.39 is 41.5 Å². The van der Waals surface area contributed by atoms with E-state index in [0.29, 0.717) is 0 Å². The molecule has 0 spiro atoms. The van der Waals surface area contributed by atoms with Gasteiger partial charge in [0.1, 0.15) is 5.82 Å². The van der Waals surface area contributed by atoms with Crippen LogP contribution in [0, 0.1) is 5.82 Å². The van der Waals surface area contributed by atoms with Crippen LogP contribution in [-0.4, -0.2) is 40.9 Å². The summed E-state index contributed by atoms with van der Waals surface area (Å²) in [7, 11) is 0. The maximum absolute atomic E-state index is 12.9. The fourth-order valence-electron chi connectivity index (χ4n) is 1.83. The summed E-state index contributed by atoms with van der Waals surface area (Å²) in [5, 5.41) is 15.3. The Morgan fingerprint density at radius 3 is 2.52 bits per heavy atom. The maximum Gasteiger partial charge on any atom is 0.305 e. The number of carboxylic acid groups (broad SMARTS) is 1. The second-order valence-corrected chi connectivity index (χ2v) is 4.63. The fraction of sp³-hybridized carbons (Fsp3) is 0.214. The Bertz CT molecular complexity index is 699. The van der Waals surface area contributed by atoms with Gasteiger partial charge in [-0.15, -0.1) is 0 Å². The Balaban J connectivity index is 2.20. The van der Waals surface area contributed by atoms with Gasteiger partial charge in [0.25, 0.3) is 11.8 Å². The summed E-state index contributed by atoms with van der Waals surface area (Å²) in [5.41, 5.74) is -0.293. The molecule has 2 N–H and O–H groups in total. The Kier molecular flexibility index (Phi) is 4.79. The van der Waals surface area contributed by atoms with Gasteiger partial charge in [0.15, 0.2) is 11.5 Å². The van der Waals surface area contributed by atoms with Gasteiger partial charge in [-0.2, -0.15) is 10.1 Å². The third-order valence-corrected chi connectivity index (χ3v) is 2.92. The van der Waals surface area contributed by atoms with Crippen LogP contribution in [0.25, 0.3) is 0 Å². The summed E-state index contributed by atoms with van der Waals surface area (Å²) in [6, 6.07) is 4.79. The topological polar surface area (TPSA) is 116 Å². The first-order valence-electron chi connectivity index (χ1n) is 6.59. The quantitative estimate of drug-likeness (QED) is 0.745. The summed E-state index contributed by atoms with van der Waals surface area (Å²) in [5.74, 6) is -3.89. The molecule has 1 aromatic rings. The van der Waals surface area contributed by atoms with Crippen LogP contribution in [-0.2, 0) is 19.2 Å². The molecule has 1 aliphatic rings. The average molecular weight is 321 g/mol. The second-order valence-electron chi connectivity index (χ2n) is 4.63. The van der Waals surface area contributed by atoms with E-state index in [4.69, 9.17) is 5.11 Å². The third kappa shape index (κ3) is 3.96. The lowest BCUT2D eigenvalue weighted by molar-refractivity contribution is -0.137. The number of carbonyl (C=O) groups excluding carboxylic acids is 3. The number of nitrogens with one attached hydrogen (secondary N) is 1. The molecule has 9 heteroatoms. The summed E-state index contributed by atoms with van der Waals surface area (Å²) in [6.07, 6.45) is -0.865. The van der Waals surface area contributed by atoms with Gasteiger partial charge in [0.2, 0.25) is 0 Å². The van der Waals surface area contributed by atoms with E-state index in [0.717, 1.165) is 17.1 Å². The molecule has 0 aromatic heterocycles. The number of anilines is 1. The van der Waals surface area contributed by atoms with Crippen LogP contribution >= 0.6 is 0 Å². The van der Waals surface area contributed by atoms with Gasteiger partial charge in [-0.1, -0.05) is 0 Å². The Labute approximate surface area is 129 Å².